The third-order valence-electron chi connectivity index (χ3n) is 7.31. The number of carbonyl (C=O) groups is 1. The average molecular weight is 613 g/mol. The summed E-state index contributed by atoms with van der Waals surface area (Å²) in [5, 5.41) is 12.6. The van der Waals surface area contributed by atoms with Crippen LogP contribution in [0.2, 0.25) is 5.02 Å². The van der Waals surface area contributed by atoms with Gasteiger partial charge in [0.25, 0.3) is 11.2 Å². The van der Waals surface area contributed by atoms with Crippen molar-refractivity contribution in [2.24, 2.45) is 4.99 Å². The van der Waals surface area contributed by atoms with Gasteiger partial charge in [0.1, 0.15) is 0 Å². The van der Waals surface area contributed by atoms with Gasteiger partial charge in [0, 0.05) is 46.4 Å². The highest BCUT2D eigenvalue weighted by Crippen LogP contribution is 2.31. The van der Waals surface area contributed by atoms with Crippen molar-refractivity contribution < 1.29 is 14.5 Å². The SMILES string of the molecule is CCOC(=O)C1=C(C)N=c2s/c(=C/c3cn(Cc4ccc([N+](=O)[O-])cc4)c4ccccc34)c(=O)n2[C@H]1c1ccc(Cl)cc1. The van der Waals surface area contributed by atoms with E-state index >= 15 is 0 Å². The van der Waals surface area contributed by atoms with Gasteiger partial charge in [0.2, 0.25) is 0 Å². The first-order valence-electron chi connectivity index (χ1n) is 13.5. The minimum Gasteiger partial charge on any atom is -0.463 e. The lowest BCUT2D eigenvalue weighted by atomic mass is 9.96. The predicted molar refractivity (Wildman–Crippen MR) is 166 cm³/mol. The highest BCUT2D eigenvalue weighted by molar-refractivity contribution is 7.07. The van der Waals surface area contributed by atoms with E-state index in [2.05, 4.69) is 9.56 Å². The Kier molecular flexibility index (Phi) is 7.55. The Labute approximate surface area is 254 Å². The molecule has 2 aromatic heterocycles. The fraction of sp³-hybridized carbons (Fsp3) is 0.156. The number of non-ortho nitro benzene ring substituents is 1. The first-order chi connectivity index (χ1) is 20.7. The molecule has 3 heterocycles. The van der Waals surface area contributed by atoms with E-state index in [4.69, 9.17) is 16.3 Å². The van der Waals surface area contributed by atoms with Crippen LogP contribution in [0.15, 0.2) is 100 Å². The molecule has 9 nitrogen and oxygen atoms in total. The second-order valence-corrected chi connectivity index (χ2v) is 11.5. The molecular weight excluding hydrogens is 588 g/mol. The van der Waals surface area contributed by atoms with Crippen molar-refractivity contribution in [2.45, 2.75) is 26.4 Å². The van der Waals surface area contributed by atoms with Gasteiger partial charge in [-0.3, -0.25) is 19.5 Å². The van der Waals surface area contributed by atoms with Crippen molar-refractivity contribution >= 4 is 51.6 Å². The lowest BCUT2D eigenvalue weighted by Crippen LogP contribution is -2.39. The number of ether oxygens (including phenoxy) is 1. The summed E-state index contributed by atoms with van der Waals surface area (Å²) in [6, 6.07) is 20.7. The van der Waals surface area contributed by atoms with E-state index in [0.29, 0.717) is 37.7 Å². The van der Waals surface area contributed by atoms with Gasteiger partial charge in [0.15, 0.2) is 4.80 Å². The van der Waals surface area contributed by atoms with Crippen LogP contribution in [-0.4, -0.2) is 26.6 Å². The molecule has 0 saturated heterocycles. The number of aromatic nitrogens is 2. The largest absolute Gasteiger partial charge is 0.463 e. The van der Waals surface area contributed by atoms with E-state index in [1.54, 1.807) is 54.8 Å². The first kappa shape index (κ1) is 28.3. The molecule has 0 bridgehead atoms. The van der Waals surface area contributed by atoms with Gasteiger partial charge in [-0.2, -0.15) is 0 Å². The normalized spacial score (nSPS) is 15.0. The molecule has 0 spiro atoms. The lowest BCUT2D eigenvalue weighted by Gasteiger charge is -2.24. The smallest absolute Gasteiger partial charge is 0.338 e. The molecule has 0 fully saturated rings. The molecule has 6 rings (SSSR count). The topological polar surface area (TPSA) is 109 Å². The number of nitro groups is 1. The highest BCUT2D eigenvalue weighted by Gasteiger charge is 2.33. The van der Waals surface area contributed by atoms with Gasteiger partial charge in [0.05, 0.1) is 33.4 Å². The van der Waals surface area contributed by atoms with Gasteiger partial charge in [-0.1, -0.05) is 65.4 Å². The molecule has 1 atom stereocenters. The number of esters is 1. The lowest BCUT2D eigenvalue weighted by molar-refractivity contribution is -0.384. The molecule has 0 N–H and O–H groups in total. The Morgan fingerprint density at radius 2 is 1.84 bits per heavy atom. The Hall–Kier alpha value is -4.80. The number of halogens is 1. The summed E-state index contributed by atoms with van der Waals surface area (Å²) < 4.78 is 9.44. The van der Waals surface area contributed by atoms with E-state index in [0.717, 1.165) is 22.0 Å². The average Bonchev–Trinajstić information content (AvgIpc) is 3.49. The van der Waals surface area contributed by atoms with Crippen molar-refractivity contribution in [1.29, 1.82) is 0 Å². The summed E-state index contributed by atoms with van der Waals surface area (Å²) in [5.41, 5.74) is 3.98. The van der Waals surface area contributed by atoms with E-state index in [1.165, 1.54) is 23.5 Å². The van der Waals surface area contributed by atoms with E-state index in [9.17, 15) is 19.7 Å². The van der Waals surface area contributed by atoms with Crippen LogP contribution in [0.4, 0.5) is 5.69 Å². The van der Waals surface area contributed by atoms with E-state index < -0.39 is 16.9 Å². The first-order valence-corrected chi connectivity index (χ1v) is 14.7. The van der Waals surface area contributed by atoms with Crippen LogP contribution >= 0.6 is 22.9 Å². The molecule has 1 aliphatic heterocycles. The molecule has 0 amide bonds. The molecule has 3 aromatic carbocycles. The minimum absolute atomic E-state index is 0.0374. The van der Waals surface area contributed by atoms with E-state index in [-0.39, 0.29) is 17.9 Å². The number of hydrogen-bond donors (Lipinski definition) is 0. The van der Waals surface area contributed by atoms with Crippen molar-refractivity contribution in [2.75, 3.05) is 6.61 Å². The molecule has 1 aliphatic rings. The molecule has 0 unspecified atom stereocenters. The molecule has 5 aromatic rings. The fourth-order valence-corrected chi connectivity index (χ4v) is 6.50. The fourth-order valence-electron chi connectivity index (χ4n) is 5.33. The highest BCUT2D eigenvalue weighted by atomic mass is 35.5. The molecule has 11 heteroatoms. The number of thiazole rings is 1. The number of hydrogen-bond acceptors (Lipinski definition) is 7. The molecule has 0 radical (unpaired) electrons. The molecule has 0 saturated carbocycles. The summed E-state index contributed by atoms with van der Waals surface area (Å²) in [6.45, 7) is 4.17. The number of nitro benzene ring substituents is 1. The van der Waals surface area contributed by atoms with Gasteiger partial charge in [-0.15, -0.1) is 0 Å². The zero-order chi connectivity index (χ0) is 30.2. The monoisotopic (exact) mass is 612 g/mol. The third kappa shape index (κ3) is 5.31. The zero-order valence-corrected chi connectivity index (χ0v) is 24.8. The van der Waals surface area contributed by atoms with Crippen LogP contribution in [0, 0.1) is 10.1 Å². The quantitative estimate of drug-likeness (QED) is 0.140. The number of benzene rings is 3. The summed E-state index contributed by atoms with van der Waals surface area (Å²) in [7, 11) is 0. The number of carbonyl (C=O) groups excluding carboxylic acids is 1. The zero-order valence-electron chi connectivity index (χ0n) is 23.2. The van der Waals surface area contributed by atoms with Crippen LogP contribution in [0.1, 0.15) is 36.6 Å². The molecular formula is C32H25ClN4O5S. The van der Waals surface area contributed by atoms with Crippen LogP contribution < -0.4 is 14.9 Å². The maximum atomic E-state index is 14.0. The Balaban J connectivity index is 1.48. The second-order valence-electron chi connectivity index (χ2n) is 10.0. The third-order valence-corrected chi connectivity index (χ3v) is 8.54. The standard InChI is InChI=1S/C32H25ClN4O5S/c1-3-42-31(39)28-19(2)34-32-36(29(28)21-10-12-23(33)13-11-21)30(38)27(43-32)16-22-18-35(26-7-5-4-6-25(22)26)17-20-8-14-24(15-9-20)37(40)41/h4-16,18,29H,3,17H2,1-2H3/b27-16+/t29-/m0/s1. The van der Waals surface area contributed by atoms with Crippen LogP contribution in [0.5, 0.6) is 0 Å². The van der Waals surface area contributed by atoms with Crippen molar-refractivity contribution in [3.63, 3.8) is 0 Å². The minimum atomic E-state index is -0.724. The number of allylic oxidation sites excluding steroid dienone is 1. The van der Waals surface area contributed by atoms with Crippen LogP contribution in [0.25, 0.3) is 17.0 Å². The van der Waals surface area contributed by atoms with Gasteiger partial charge < -0.3 is 9.30 Å². The summed E-state index contributed by atoms with van der Waals surface area (Å²) >= 11 is 7.41. The molecule has 43 heavy (non-hydrogen) atoms. The van der Waals surface area contributed by atoms with Gasteiger partial charge >= 0.3 is 5.97 Å². The van der Waals surface area contributed by atoms with Crippen LogP contribution in [0.3, 0.4) is 0 Å². The number of para-hydroxylation sites is 1. The number of fused-ring (bicyclic) bond motifs is 2. The van der Waals surface area contributed by atoms with Crippen molar-refractivity contribution in [1.82, 2.24) is 9.13 Å². The maximum Gasteiger partial charge on any atom is 0.338 e. The van der Waals surface area contributed by atoms with Crippen LogP contribution in [-0.2, 0) is 16.1 Å². The molecule has 216 valence electrons. The Bertz CT molecular complexity index is 2110. The summed E-state index contributed by atoms with van der Waals surface area (Å²) in [6.07, 6.45) is 3.82. The molecule has 0 aliphatic carbocycles. The van der Waals surface area contributed by atoms with Crippen molar-refractivity contribution in [3.8, 4) is 0 Å². The van der Waals surface area contributed by atoms with Crippen molar-refractivity contribution in [3.05, 3.63) is 142 Å². The van der Waals surface area contributed by atoms with E-state index in [1.807, 2.05) is 36.5 Å². The number of nitrogens with zero attached hydrogens (tertiary/aromatic N) is 4. The number of rotatable bonds is 7. The predicted octanol–water partition coefficient (Wildman–Crippen LogP) is 5.36. The Morgan fingerprint density at radius 1 is 1.12 bits per heavy atom. The summed E-state index contributed by atoms with van der Waals surface area (Å²) in [5.74, 6) is -0.521. The summed E-state index contributed by atoms with van der Waals surface area (Å²) in [4.78, 5) is 42.9. The second kappa shape index (κ2) is 11.5. The van der Waals surface area contributed by atoms with Gasteiger partial charge in [-0.25, -0.2) is 9.79 Å². The maximum absolute atomic E-state index is 14.0. The Morgan fingerprint density at radius 3 is 2.53 bits per heavy atom. The van der Waals surface area contributed by atoms with Gasteiger partial charge in [-0.05, 0) is 49.2 Å².